The second-order valence-corrected chi connectivity index (χ2v) is 8.46. The molecule has 0 atom stereocenters. The number of anilines is 1. The van der Waals surface area contributed by atoms with E-state index in [9.17, 15) is 13.2 Å². The van der Waals surface area contributed by atoms with Crippen molar-refractivity contribution in [2.45, 2.75) is 11.3 Å². The average Bonchev–Trinajstić information content (AvgIpc) is 2.70. The van der Waals surface area contributed by atoms with Gasteiger partial charge in [0, 0.05) is 12.1 Å². The Morgan fingerprint density at radius 2 is 1.71 bits per heavy atom. The number of rotatable bonds is 10. The maximum Gasteiger partial charge on any atom is 0.264 e. The zero-order valence-electron chi connectivity index (χ0n) is 16.3. The van der Waals surface area contributed by atoms with Crippen LogP contribution >= 0.6 is 0 Å². The molecule has 7 heteroatoms. The van der Waals surface area contributed by atoms with Crippen LogP contribution < -0.4 is 9.62 Å². The van der Waals surface area contributed by atoms with Gasteiger partial charge in [-0.1, -0.05) is 24.3 Å². The Labute approximate surface area is 167 Å². The van der Waals surface area contributed by atoms with Crippen LogP contribution in [0.15, 0.2) is 72.1 Å². The zero-order valence-corrected chi connectivity index (χ0v) is 17.2. The van der Waals surface area contributed by atoms with Gasteiger partial charge >= 0.3 is 0 Å². The molecule has 2 aromatic rings. The van der Waals surface area contributed by atoms with Crippen LogP contribution in [0.4, 0.5) is 5.69 Å². The second kappa shape index (κ2) is 10.1. The fourth-order valence-corrected chi connectivity index (χ4v) is 4.11. The lowest BCUT2D eigenvalue weighted by atomic mass is 10.2. The van der Waals surface area contributed by atoms with Gasteiger partial charge < -0.3 is 10.2 Å². The Kier molecular flexibility index (Phi) is 7.78. The van der Waals surface area contributed by atoms with Crippen LogP contribution in [0.25, 0.3) is 0 Å². The maximum atomic E-state index is 13.0. The van der Waals surface area contributed by atoms with Crippen LogP contribution in [0.5, 0.6) is 0 Å². The number of hydrogen-bond donors (Lipinski definition) is 1. The Morgan fingerprint density at radius 1 is 1.07 bits per heavy atom. The Hall–Kier alpha value is -2.64. The van der Waals surface area contributed by atoms with Crippen molar-refractivity contribution < 1.29 is 13.2 Å². The quantitative estimate of drug-likeness (QED) is 0.491. The third-order valence-corrected chi connectivity index (χ3v) is 5.92. The molecule has 0 fully saturated rings. The minimum atomic E-state index is -3.72. The fourth-order valence-electron chi connectivity index (χ4n) is 2.66. The van der Waals surface area contributed by atoms with Crippen molar-refractivity contribution in [2.75, 3.05) is 38.0 Å². The van der Waals surface area contributed by atoms with Crippen LogP contribution in [-0.2, 0) is 10.0 Å². The molecule has 0 aliphatic rings. The normalized spacial score (nSPS) is 11.2. The van der Waals surface area contributed by atoms with E-state index < -0.39 is 10.0 Å². The number of nitrogens with one attached hydrogen (secondary N) is 1. The first-order valence-corrected chi connectivity index (χ1v) is 10.5. The van der Waals surface area contributed by atoms with Gasteiger partial charge in [0.25, 0.3) is 15.9 Å². The molecule has 0 aliphatic heterocycles. The van der Waals surface area contributed by atoms with Crippen molar-refractivity contribution in [1.29, 1.82) is 0 Å². The van der Waals surface area contributed by atoms with E-state index >= 15 is 0 Å². The molecule has 1 N–H and O–H groups in total. The van der Waals surface area contributed by atoms with E-state index in [1.54, 1.807) is 54.6 Å². The van der Waals surface area contributed by atoms with Crippen LogP contribution in [0.1, 0.15) is 16.8 Å². The van der Waals surface area contributed by atoms with Gasteiger partial charge in [0.2, 0.25) is 0 Å². The number of benzene rings is 2. The van der Waals surface area contributed by atoms with Crippen LogP contribution in [-0.4, -0.2) is 53.0 Å². The first-order valence-electron chi connectivity index (χ1n) is 9.08. The van der Waals surface area contributed by atoms with E-state index in [4.69, 9.17) is 0 Å². The van der Waals surface area contributed by atoms with Crippen LogP contribution in [0, 0.1) is 0 Å². The van der Waals surface area contributed by atoms with E-state index in [1.165, 1.54) is 10.4 Å². The third kappa shape index (κ3) is 5.68. The highest BCUT2D eigenvalue weighted by Gasteiger charge is 2.23. The summed E-state index contributed by atoms with van der Waals surface area (Å²) < 4.78 is 27.2. The molecule has 0 unspecified atom stereocenters. The van der Waals surface area contributed by atoms with E-state index in [2.05, 4.69) is 16.8 Å². The van der Waals surface area contributed by atoms with Gasteiger partial charge in [0.1, 0.15) is 0 Å². The lowest BCUT2D eigenvalue weighted by molar-refractivity contribution is 0.0952. The SMILES string of the molecule is C=CCN(c1ccc(C(=O)NCCCN(C)C)cc1)S(=O)(=O)c1ccccc1. The standard InChI is InChI=1S/C21H27N3O3S/c1-4-16-24(28(26,27)20-9-6-5-7-10-20)19-13-11-18(12-14-19)21(25)22-15-8-17-23(2)3/h4-7,9-14H,1,8,15-17H2,2-3H3,(H,22,25). The minimum absolute atomic E-state index is 0.132. The van der Waals surface area contributed by atoms with Gasteiger partial charge in [-0.15, -0.1) is 6.58 Å². The summed E-state index contributed by atoms with van der Waals surface area (Å²) >= 11 is 0. The van der Waals surface area contributed by atoms with E-state index in [-0.39, 0.29) is 17.3 Å². The molecular formula is C21H27N3O3S. The van der Waals surface area contributed by atoms with Crippen molar-refractivity contribution in [3.05, 3.63) is 72.8 Å². The summed E-state index contributed by atoms with van der Waals surface area (Å²) in [6, 6.07) is 14.8. The van der Waals surface area contributed by atoms with Crippen molar-refractivity contribution >= 4 is 21.6 Å². The smallest absolute Gasteiger partial charge is 0.264 e. The van der Waals surface area contributed by atoms with Crippen molar-refractivity contribution in [3.63, 3.8) is 0 Å². The predicted octanol–water partition coefficient (Wildman–Crippen LogP) is 2.75. The zero-order chi connectivity index (χ0) is 20.6. The highest BCUT2D eigenvalue weighted by Crippen LogP contribution is 2.24. The number of sulfonamides is 1. The summed E-state index contributed by atoms with van der Waals surface area (Å²) in [5, 5.41) is 2.87. The van der Waals surface area contributed by atoms with E-state index in [1.807, 2.05) is 14.1 Å². The van der Waals surface area contributed by atoms with E-state index in [0.717, 1.165) is 13.0 Å². The molecule has 0 heterocycles. The van der Waals surface area contributed by atoms with Crippen LogP contribution in [0.3, 0.4) is 0 Å². The summed E-state index contributed by atoms with van der Waals surface area (Å²) in [6.07, 6.45) is 2.39. The van der Waals surface area contributed by atoms with Crippen molar-refractivity contribution in [2.24, 2.45) is 0 Å². The lowest BCUT2D eigenvalue weighted by Gasteiger charge is -2.23. The van der Waals surface area contributed by atoms with Crippen LogP contribution in [0.2, 0.25) is 0 Å². The first-order chi connectivity index (χ1) is 13.4. The molecule has 0 spiro atoms. The molecule has 2 rings (SSSR count). The molecular weight excluding hydrogens is 374 g/mol. The van der Waals surface area contributed by atoms with Gasteiger partial charge in [-0.25, -0.2) is 8.42 Å². The molecule has 0 aliphatic carbocycles. The molecule has 150 valence electrons. The van der Waals surface area contributed by atoms with Gasteiger partial charge in [-0.2, -0.15) is 0 Å². The second-order valence-electron chi connectivity index (χ2n) is 6.60. The summed E-state index contributed by atoms with van der Waals surface area (Å²) in [6.45, 7) is 5.27. The van der Waals surface area contributed by atoms with Gasteiger partial charge in [-0.05, 0) is 63.5 Å². The monoisotopic (exact) mass is 401 g/mol. The van der Waals surface area contributed by atoms with Gasteiger partial charge in [0.05, 0.1) is 17.1 Å². The lowest BCUT2D eigenvalue weighted by Crippen LogP contribution is -2.31. The number of carbonyl (C=O) groups is 1. The number of amides is 1. The highest BCUT2D eigenvalue weighted by atomic mass is 32.2. The first kappa shape index (κ1) is 21.7. The Morgan fingerprint density at radius 3 is 2.29 bits per heavy atom. The molecule has 1 amide bonds. The molecule has 0 bridgehead atoms. The molecule has 0 saturated heterocycles. The number of carbonyl (C=O) groups excluding carboxylic acids is 1. The maximum absolute atomic E-state index is 13.0. The highest BCUT2D eigenvalue weighted by molar-refractivity contribution is 7.92. The summed E-state index contributed by atoms with van der Waals surface area (Å²) in [5.41, 5.74) is 0.970. The summed E-state index contributed by atoms with van der Waals surface area (Å²) in [5.74, 6) is -0.175. The van der Waals surface area contributed by atoms with Crippen molar-refractivity contribution in [3.8, 4) is 0 Å². The predicted molar refractivity (Wildman–Crippen MR) is 113 cm³/mol. The average molecular weight is 402 g/mol. The molecule has 28 heavy (non-hydrogen) atoms. The fraction of sp³-hybridized carbons (Fsp3) is 0.286. The Bertz CT molecular complexity index is 879. The Balaban J connectivity index is 2.14. The minimum Gasteiger partial charge on any atom is -0.352 e. The summed E-state index contributed by atoms with van der Waals surface area (Å²) in [4.78, 5) is 14.5. The number of hydrogen-bond acceptors (Lipinski definition) is 4. The van der Waals surface area contributed by atoms with Crippen molar-refractivity contribution in [1.82, 2.24) is 10.2 Å². The van der Waals surface area contributed by atoms with Gasteiger partial charge in [-0.3, -0.25) is 9.10 Å². The molecule has 2 aromatic carbocycles. The van der Waals surface area contributed by atoms with E-state index in [0.29, 0.717) is 17.8 Å². The molecule has 0 radical (unpaired) electrons. The third-order valence-electron chi connectivity index (χ3n) is 4.11. The number of nitrogens with zero attached hydrogens (tertiary/aromatic N) is 2. The summed E-state index contributed by atoms with van der Waals surface area (Å²) in [7, 11) is 0.252. The molecule has 0 saturated carbocycles. The molecule has 6 nitrogen and oxygen atoms in total. The van der Waals surface area contributed by atoms with Gasteiger partial charge in [0.15, 0.2) is 0 Å². The largest absolute Gasteiger partial charge is 0.352 e. The topological polar surface area (TPSA) is 69.7 Å². The molecule has 0 aromatic heterocycles.